The van der Waals surface area contributed by atoms with Crippen molar-refractivity contribution in [3.05, 3.63) is 59.4 Å². The average molecular weight is 273 g/mol. The SMILES string of the molecule is CCC(C)c1ccc(Oc2ccc(CN)cc2F)cc1. The quantitative estimate of drug-likeness (QED) is 0.864. The molecule has 1 atom stereocenters. The molecule has 2 aromatic rings. The summed E-state index contributed by atoms with van der Waals surface area (Å²) in [5.41, 5.74) is 7.49. The summed E-state index contributed by atoms with van der Waals surface area (Å²) in [7, 11) is 0. The smallest absolute Gasteiger partial charge is 0.166 e. The van der Waals surface area contributed by atoms with Crippen LogP contribution < -0.4 is 10.5 Å². The second-order valence-electron chi connectivity index (χ2n) is 4.95. The third-order valence-corrected chi connectivity index (χ3v) is 3.52. The van der Waals surface area contributed by atoms with Crippen LogP contribution in [-0.2, 0) is 6.54 Å². The largest absolute Gasteiger partial charge is 0.454 e. The minimum Gasteiger partial charge on any atom is -0.454 e. The van der Waals surface area contributed by atoms with E-state index in [4.69, 9.17) is 10.5 Å². The summed E-state index contributed by atoms with van der Waals surface area (Å²) in [4.78, 5) is 0. The Labute approximate surface area is 119 Å². The fourth-order valence-corrected chi connectivity index (χ4v) is 1.98. The molecule has 106 valence electrons. The second-order valence-corrected chi connectivity index (χ2v) is 4.95. The van der Waals surface area contributed by atoms with E-state index in [0.29, 0.717) is 18.2 Å². The van der Waals surface area contributed by atoms with Gasteiger partial charge in [0, 0.05) is 6.54 Å². The lowest BCUT2D eigenvalue weighted by Crippen LogP contribution is -1.98. The van der Waals surface area contributed by atoms with Gasteiger partial charge >= 0.3 is 0 Å². The molecule has 0 saturated carbocycles. The number of benzene rings is 2. The van der Waals surface area contributed by atoms with Crippen LogP contribution in [0.5, 0.6) is 11.5 Å². The van der Waals surface area contributed by atoms with Crippen molar-refractivity contribution in [1.29, 1.82) is 0 Å². The summed E-state index contributed by atoms with van der Waals surface area (Å²) >= 11 is 0. The lowest BCUT2D eigenvalue weighted by molar-refractivity contribution is 0.441. The summed E-state index contributed by atoms with van der Waals surface area (Å²) in [5.74, 6) is 0.985. The van der Waals surface area contributed by atoms with E-state index in [-0.39, 0.29) is 11.6 Å². The molecule has 20 heavy (non-hydrogen) atoms. The zero-order chi connectivity index (χ0) is 14.5. The molecule has 0 fully saturated rings. The number of hydrogen-bond donors (Lipinski definition) is 1. The fourth-order valence-electron chi connectivity index (χ4n) is 1.98. The van der Waals surface area contributed by atoms with Crippen molar-refractivity contribution in [1.82, 2.24) is 0 Å². The summed E-state index contributed by atoms with van der Waals surface area (Å²) in [6.45, 7) is 4.66. The molecule has 0 aromatic heterocycles. The molecule has 0 aliphatic rings. The first-order valence-electron chi connectivity index (χ1n) is 6.90. The van der Waals surface area contributed by atoms with Crippen LogP contribution in [0, 0.1) is 5.82 Å². The molecular formula is C17H20FNO. The summed E-state index contributed by atoms with van der Waals surface area (Å²) in [5, 5.41) is 0. The third kappa shape index (κ3) is 3.36. The van der Waals surface area contributed by atoms with E-state index in [9.17, 15) is 4.39 Å². The van der Waals surface area contributed by atoms with E-state index >= 15 is 0 Å². The van der Waals surface area contributed by atoms with Gasteiger partial charge in [0.25, 0.3) is 0 Å². The van der Waals surface area contributed by atoms with Crippen LogP contribution in [0.1, 0.15) is 37.3 Å². The van der Waals surface area contributed by atoms with Gasteiger partial charge in [-0.3, -0.25) is 0 Å². The molecule has 0 spiro atoms. The van der Waals surface area contributed by atoms with Crippen LogP contribution >= 0.6 is 0 Å². The van der Waals surface area contributed by atoms with Crippen LogP contribution in [0.2, 0.25) is 0 Å². The molecule has 1 unspecified atom stereocenters. The zero-order valence-electron chi connectivity index (χ0n) is 11.9. The van der Waals surface area contributed by atoms with Crippen molar-refractivity contribution in [2.45, 2.75) is 32.7 Å². The Bertz CT molecular complexity index is 566. The van der Waals surface area contributed by atoms with E-state index in [0.717, 1.165) is 12.0 Å². The van der Waals surface area contributed by atoms with Gasteiger partial charge in [-0.05, 0) is 47.7 Å². The molecular weight excluding hydrogens is 253 g/mol. The van der Waals surface area contributed by atoms with Crippen molar-refractivity contribution < 1.29 is 9.13 Å². The normalized spacial score (nSPS) is 12.2. The predicted octanol–water partition coefficient (Wildman–Crippen LogP) is 4.59. The molecule has 0 saturated heterocycles. The van der Waals surface area contributed by atoms with Crippen LogP contribution in [0.15, 0.2) is 42.5 Å². The van der Waals surface area contributed by atoms with Crippen LogP contribution in [0.3, 0.4) is 0 Å². The van der Waals surface area contributed by atoms with Crippen molar-refractivity contribution in [2.75, 3.05) is 0 Å². The number of ether oxygens (including phenoxy) is 1. The van der Waals surface area contributed by atoms with Crippen LogP contribution in [0.4, 0.5) is 4.39 Å². The van der Waals surface area contributed by atoms with Gasteiger partial charge < -0.3 is 10.5 Å². The maximum atomic E-state index is 13.8. The van der Waals surface area contributed by atoms with Gasteiger partial charge in [0.1, 0.15) is 5.75 Å². The Morgan fingerprint density at radius 3 is 2.40 bits per heavy atom. The van der Waals surface area contributed by atoms with E-state index in [1.807, 2.05) is 24.3 Å². The van der Waals surface area contributed by atoms with Crippen LogP contribution in [-0.4, -0.2) is 0 Å². The monoisotopic (exact) mass is 273 g/mol. The van der Waals surface area contributed by atoms with Gasteiger partial charge in [-0.25, -0.2) is 4.39 Å². The van der Waals surface area contributed by atoms with E-state index in [2.05, 4.69) is 13.8 Å². The minimum atomic E-state index is -0.390. The number of halogens is 1. The van der Waals surface area contributed by atoms with Crippen molar-refractivity contribution in [3.8, 4) is 11.5 Å². The molecule has 2 aromatic carbocycles. The predicted molar refractivity (Wildman–Crippen MR) is 79.5 cm³/mol. The molecule has 3 heteroatoms. The highest BCUT2D eigenvalue weighted by atomic mass is 19.1. The van der Waals surface area contributed by atoms with E-state index in [1.165, 1.54) is 11.6 Å². The number of nitrogens with two attached hydrogens (primary N) is 1. The first-order chi connectivity index (χ1) is 9.63. The topological polar surface area (TPSA) is 35.2 Å². The zero-order valence-corrected chi connectivity index (χ0v) is 11.9. The molecule has 2 nitrogen and oxygen atoms in total. The van der Waals surface area contributed by atoms with E-state index < -0.39 is 0 Å². The highest BCUT2D eigenvalue weighted by molar-refractivity contribution is 5.36. The molecule has 0 bridgehead atoms. The fraction of sp³-hybridized carbons (Fsp3) is 0.294. The van der Waals surface area contributed by atoms with Crippen molar-refractivity contribution in [2.24, 2.45) is 5.73 Å². The van der Waals surface area contributed by atoms with E-state index in [1.54, 1.807) is 12.1 Å². The van der Waals surface area contributed by atoms with Gasteiger partial charge in [-0.2, -0.15) is 0 Å². The van der Waals surface area contributed by atoms with Gasteiger partial charge in [0.05, 0.1) is 0 Å². The maximum Gasteiger partial charge on any atom is 0.166 e. The molecule has 0 aliphatic heterocycles. The van der Waals surface area contributed by atoms with Crippen molar-refractivity contribution >= 4 is 0 Å². The Balaban J connectivity index is 2.14. The molecule has 0 amide bonds. The standard InChI is InChI=1S/C17H20FNO/c1-3-12(2)14-5-7-15(8-6-14)20-17-9-4-13(11-19)10-16(17)18/h4-10,12H,3,11,19H2,1-2H3. The Kier molecular flexibility index (Phi) is 4.74. The van der Waals surface area contributed by atoms with Gasteiger partial charge in [0.2, 0.25) is 0 Å². The molecule has 0 radical (unpaired) electrons. The molecule has 2 N–H and O–H groups in total. The maximum absolute atomic E-state index is 13.8. The van der Waals surface area contributed by atoms with Gasteiger partial charge in [-0.1, -0.05) is 32.0 Å². The molecule has 0 heterocycles. The number of rotatable bonds is 5. The minimum absolute atomic E-state index is 0.221. The highest BCUT2D eigenvalue weighted by Crippen LogP contribution is 2.27. The molecule has 0 aliphatic carbocycles. The van der Waals surface area contributed by atoms with Crippen molar-refractivity contribution in [3.63, 3.8) is 0 Å². The lowest BCUT2D eigenvalue weighted by Gasteiger charge is -2.11. The Morgan fingerprint density at radius 1 is 1.15 bits per heavy atom. The van der Waals surface area contributed by atoms with Crippen LogP contribution in [0.25, 0.3) is 0 Å². The Hall–Kier alpha value is -1.87. The average Bonchev–Trinajstić information content (AvgIpc) is 2.49. The number of hydrogen-bond acceptors (Lipinski definition) is 2. The lowest BCUT2D eigenvalue weighted by atomic mass is 9.99. The highest BCUT2D eigenvalue weighted by Gasteiger charge is 2.07. The van der Waals surface area contributed by atoms with Gasteiger partial charge in [0.15, 0.2) is 11.6 Å². The Morgan fingerprint density at radius 2 is 1.85 bits per heavy atom. The first-order valence-corrected chi connectivity index (χ1v) is 6.90. The second kappa shape index (κ2) is 6.53. The molecule has 2 rings (SSSR count). The summed E-state index contributed by atoms with van der Waals surface area (Å²) < 4.78 is 19.4. The summed E-state index contributed by atoms with van der Waals surface area (Å²) in [6, 6.07) is 12.6. The third-order valence-electron chi connectivity index (χ3n) is 3.52. The van der Waals surface area contributed by atoms with Gasteiger partial charge in [-0.15, -0.1) is 0 Å². The summed E-state index contributed by atoms with van der Waals surface area (Å²) in [6.07, 6.45) is 1.09. The first kappa shape index (κ1) is 14.5.